The van der Waals surface area contributed by atoms with Crippen molar-refractivity contribution in [2.24, 2.45) is 11.8 Å². The van der Waals surface area contributed by atoms with Gasteiger partial charge in [0, 0.05) is 23.7 Å². The molecule has 6 aliphatic carbocycles. The Kier molecular flexibility index (Phi) is 4.76. The van der Waals surface area contributed by atoms with Gasteiger partial charge < -0.3 is 0 Å². The lowest BCUT2D eigenvalue weighted by Crippen LogP contribution is -2.61. The second-order valence-corrected chi connectivity index (χ2v) is 12.5. The zero-order chi connectivity index (χ0) is 23.9. The van der Waals surface area contributed by atoms with Crippen LogP contribution in [0.5, 0.6) is 0 Å². The number of nitrogens with zero attached hydrogens (tertiary/aromatic N) is 2. The zero-order valence-electron chi connectivity index (χ0n) is 16.7. The summed E-state index contributed by atoms with van der Waals surface area (Å²) in [6, 6.07) is 7.54. The average molecular weight is 610 g/mol. The van der Waals surface area contributed by atoms with Crippen molar-refractivity contribution in [3.8, 4) is 0 Å². The Labute approximate surface area is 234 Å². The van der Waals surface area contributed by atoms with E-state index in [1.165, 1.54) is 0 Å². The minimum absolute atomic E-state index is 0.209. The first kappa shape index (κ1) is 22.8. The number of fused-ring (bicyclic) bond motifs is 1. The lowest BCUT2D eigenvalue weighted by Gasteiger charge is -2.63. The largest absolute Gasteiger partial charge is 0.247 e. The SMILES string of the molecule is ClC1=C(Cl)[C@]2(Cl)c3nc4ccccc4nc3[C@@]1(Cl)[C@H]1[C@@H]2[C@H]2C=C[C@@H]1c1c(Cl)c(Cl)c(Cl)c(Cl)c12. The van der Waals surface area contributed by atoms with Crippen molar-refractivity contribution in [3.05, 3.63) is 89.1 Å². The normalized spacial score (nSPS) is 34.5. The topological polar surface area (TPSA) is 25.8 Å². The van der Waals surface area contributed by atoms with Crippen molar-refractivity contribution < 1.29 is 0 Å². The predicted octanol–water partition coefficient (Wildman–Crippen LogP) is 9.51. The summed E-state index contributed by atoms with van der Waals surface area (Å²) in [6.07, 6.45) is 4.13. The molecule has 34 heavy (non-hydrogen) atoms. The van der Waals surface area contributed by atoms with Crippen molar-refractivity contribution in [1.82, 2.24) is 9.97 Å². The fraction of sp³-hybridized carbons (Fsp3) is 0.250. The van der Waals surface area contributed by atoms with E-state index >= 15 is 0 Å². The third-order valence-electron chi connectivity index (χ3n) is 7.70. The number of allylic oxidation sites excluding steroid dienone is 4. The molecule has 0 fully saturated rings. The van der Waals surface area contributed by atoms with E-state index in [2.05, 4.69) is 12.2 Å². The van der Waals surface area contributed by atoms with E-state index in [4.69, 9.17) is 103 Å². The minimum Gasteiger partial charge on any atom is -0.247 e. The van der Waals surface area contributed by atoms with Gasteiger partial charge in [-0.15, -0.1) is 23.2 Å². The lowest BCUT2D eigenvalue weighted by molar-refractivity contribution is 0.128. The van der Waals surface area contributed by atoms with E-state index in [1.807, 2.05) is 24.3 Å². The van der Waals surface area contributed by atoms with Crippen molar-refractivity contribution in [2.45, 2.75) is 21.6 Å². The number of hydrogen-bond donors (Lipinski definition) is 0. The summed E-state index contributed by atoms with van der Waals surface area (Å²) in [6.45, 7) is 0. The first-order valence-electron chi connectivity index (χ1n) is 10.4. The van der Waals surface area contributed by atoms with Gasteiger partial charge in [0.05, 0.1) is 52.6 Å². The summed E-state index contributed by atoms with van der Waals surface area (Å²) >= 11 is 55.3. The standard InChI is InChI=1S/C24H10Cl8N2/c25-15-11-7-5-6-8(12(11)16(26)18(28)17(15)27)14-13(7)23(31)19(29)20(30)24(14,32)22-21(23)33-9-3-1-2-4-10(9)34-22/h1-8,13-14H/t7-,8+,13-,14+,23-,24+. The highest BCUT2D eigenvalue weighted by molar-refractivity contribution is 6.53. The third-order valence-corrected chi connectivity index (χ3v) is 12.0. The number of rotatable bonds is 0. The Morgan fingerprint density at radius 3 is 1.35 bits per heavy atom. The monoisotopic (exact) mass is 606 g/mol. The van der Waals surface area contributed by atoms with Crippen molar-refractivity contribution >= 4 is 104 Å². The molecule has 0 aliphatic heterocycles. The van der Waals surface area contributed by atoms with E-state index in [0.717, 1.165) is 11.1 Å². The Balaban J connectivity index is 1.61. The molecule has 2 aromatic carbocycles. The van der Waals surface area contributed by atoms with Crippen LogP contribution in [0.4, 0.5) is 0 Å². The maximum Gasteiger partial charge on any atom is 0.129 e. The smallest absolute Gasteiger partial charge is 0.129 e. The first-order chi connectivity index (χ1) is 16.1. The van der Waals surface area contributed by atoms with Crippen molar-refractivity contribution in [3.63, 3.8) is 0 Å². The second-order valence-electron chi connectivity index (χ2n) is 9.03. The van der Waals surface area contributed by atoms with Crippen LogP contribution in [-0.4, -0.2) is 9.97 Å². The molecule has 2 nitrogen and oxygen atoms in total. The van der Waals surface area contributed by atoms with Gasteiger partial charge in [0.2, 0.25) is 0 Å². The lowest BCUT2D eigenvalue weighted by atomic mass is 9.47. The molecule has 0 spiro atoms. The Morgan fingerprint density at radius 1 is 0.588 bits per heavy atom. The molecule has 0 saturated carbocycles. The molecule has 1 aromatic heterocycles. The highest BCUT2D eigenvalue weighted by Crippen LogP contribution is 2.77. The summed E-state index contributed by atoms with van der Waals surface area (Å²) in [5.74, 6) is -1.23. The summed E-state index contributed by atoms with van der Waals surface area (Å²) in [5, 5.41) is 1.64. The van der Waals surface area contributed by atoms with Gasteiger partial charge in [0.1, 0.15) is 9.75 Å². The maximum atomic E-state index is 7.53. The Hall–Kier alpha value is -0.420. The van der Waals surface area contributed by atoms with Gasteiger partial charge >= 0.3 is 0 Å². The molecule has 0 radical (unpaired) electrons. The van der Waals surface area contributed by atoms with Crippen molar-refractivity contribution in [1.29, 1.82) is 0 Å². The second kappa shape index (κ2) is 7.11. The Bertz CT molecular complexity index is 1440. The summed E-state index contributed by atoms with van der Waals surface area (Å²) < 4.78 is 0. The first-order valence-corrected chi connectivity index (χ1v) is 13.4. The van der Waals surface area contributed by atoms with E-state index in [1.54, 1.807) is 0 Å². The van der Waals surface area contributed by atoms with Crippen LogP contribution in [0, 0.1) is 11.8 Å². The number of hydrogen-bond acceptors (Lipinski definition) is 2. The van der Waals surface area contributed by atoms with Gasteiger partial charge in [-0.05, 0) is 23.3 Å². The number of benzene rings is 2. The quantitative estimate of drug-likeness (QED) is 0.110. The molecule has 10 heteroatoms. The van der Waals surface area contributed by atoms with Gasteiger partial charge in [0.25, 0.3) is 0 Å². The molecular weight excluding hydrogens is 600 g/mol. The zero-order valence-corrected chi connectivity index (χ0v) is 22.7. The molecule has 0 N–H and O–H groups in total. The molecule has 6 atom stereocenters. The molecule has 3 aromatic rings. The minimum atomic E-state index is -1.26. The molecule has 0 amide bonds. The highest BCUT2D eigenvalue weighted by Gasteiger charge is 2.72. The third kappa shape index (κ3) is 2.37. The summed E-state index contributed by atoms with van der Waals surface area (Å²) in [7, 11) is 0. The molecule has 0 saturated heterocycles. The molecule has 4 bridgehead atoms. The van der Waals surface area contributed by atoms with Gasteiger partial charge in [-0.2, -0.15) is 0 Å². The Morgan fingerprint density at radius 2 is 0.971 bits per heavy atom. The van der Waals surface area contributed by atoms with Gasteiger partial charge in [-0.25, -0.2) is 9.97 Å². The van der Waals surface area contributed by atoms with Crippen molar-refractivity contribution in [2.75, 3.05) is 0 Å². The van der Waals surface area contributed by atoms with Crippen LogP contribution in [0.2, 0.25) is 20.1 Å². The molecule has 172 valence electrons. The molecule has 9 rings (SSSR count). The van der Waals surface area contributed by atoms with Gasteiger partial charge in [-0.3, -0.25) is 0 Å². The molecule has 1 heterocycles. The number of alkyl halides is 2. The van der Waals surface area contributed by atoms with Crippen LogP contribution >= 0.6 is 92.8 Å². The van der Waals surface area contributed by atoms with Crippen LogP contribution < -0.4 is 0 Å². The molecular formula is C24H10Cl8N2. The number of halogens is 8. The summed E-state index contributed by atoms with van der Waals surface area (Å²) in [5.41, 5.74) is 4.00. The van der Waals surface area contributed by atoms with E-state index in [-0.39, 0.29) is 43.8 Å². The van der Waals surface area contributed by atoms with Gasteiger partial charge in [-0.1, -0.05) is 93.9 Å². The molecule has 0 unspecified atom stereocenters. The van der Waals surface area contributed by atoms with Crippen LogP contribution in [0.3, 0.4) is 0 Å². The van der Waals surface area contributed by atoms with Crippen LogP contribution in [0.15, 0.2) is 46.5 Å². The molecule has 6 aliphatic rings. The number of para-hydroxylation sites is 2. The maximum absolute atomic E-state index is 7.53. The average Bonchev–Trinajstić information content (AvgIpc) is 2.85. The van der Waals surface area contributed by atoms with Crippen LogP contribution in [0.1, 0.15) is 34.4 Å². The fourth-order valence-corrected chi connectivity index (χ4v) is 9.38. The van der Waals surface area contributed by atoms with E-state index < -0.39 is 9.75 Å². The highest BCUT2D eigenvalue weighted by atomic mass is 35.5. The van der Waals surface area contributed by atoms with E-state index in [9.17, 15) is 0 Å². The van der Waals surface area contributed by atoms with Crippen LogP contribution in [-0.2, 0) is 9.75 Å². The van der Waals surface area contributed by atoms with Gasteiger partial charge in [0.15, 0.2) is 0 Å². The summed E-state index contributed by atoms with van der Waals surface area (Å²) in [4.78, 5) is 7.30. The fourth-order valence-electron chi connectivity index (χ4n) is 6.43. The predicted molar refractivity (Wildman–Crippen MR) is 141 cm³/mol. The van der Waals surface area contributed by atoms with E-state index in [0.29, 0.717) is 32.5 Å². The number of aromatic nitrogens is 2. The van der Waals surface area contributed by atoms with Crippen LogP contribution in [0.25, 0.3) is 11.0 Å².